The summed E-state index contributed by atoms with van der Waals surface area (Å²) < 4.78 is 0. The molecule has 0 fully saturated rings. The van der Waals surface area contributed by atoms with Crippen molar-refractivity contribution >= 4 is 31.2 Å². The molecular weight excluding hydrogens is 228 g/mol. The van der Waals surface area contributed by atoms with Crippen molar-refractivity contribution in [3.05, 3.63) is 25.3 Å². The lowest BCUT2D eigenvalue weighted by Crippen LogP contribution is -2.25. The van der Waals surface area contributed by atoms with E-state index in [0.717, 1.165) is 0 Å². The van der Waals surface area contributed by atoms with Crippen LogP contribution in [0.25, 0.3) is 0 Å². The summed E-state index contributed by atoms with van der Waals surface area (Å²) in [6, 6.07) is 0. The van der Waals surface area contributed by atoms with Gasteiger partial charge >= 0.3 is 0 Å². The lowest BCUT2D eigenvalue weighted by atomic mass is 10.5. The van der Waals surface area contributed by atoms with Gasteiger partial charge < -0.3 is 4.90 Å². The van der Waals surface area contributed by atoms with Crippen molar-refractivity contribution < 1.29 is 0 Å². The van der Waals surface area contributed by atoms with Crippen molar-refractivity contribution in [2.24, 2.45) is 0 Å². The van der Waals surface area contributed by atoms with Crippen LogP contribution in [0.2, 0.25) is 0 Å². The number of aromatic nitrogens is 3. The molecule has 0 saturated carbocycles. The first kappa shape index (κ1) is 12.1. The molecule has 80 valence electrons. The van der Waals surface area contributed by atoms with E-state index in [1.807, 2.05) is 4.90 Å². The first-order chi connectivity index (χ1) is 7.17. The molecule has 0 aromatic carbocycles. The number of anilines is 1. The summed E-state index contributed by atoms with van der Waals surface area (Å²) in [5, 5.41) is 0.700. The third-order valence-electron chi connectivity index (χ3n) is 1.58. The number of thiol groups is 2. The van der Waals surface area contributed by atoms with Gasteiger partial charge in [-0.3, -0.25) is 0 Å². The SMILES string of the molecule is C=CCN(CC=C)c1nc(S)nc(S)n1. The van der Waals surface area contributed by atoms with Crippen LogP contribution in [0, 0.1) is 0 Å². The van der Waals surface area contributed by atoms with Crippen LogP contribution < -0.4 is 4.90 Å². The fourth-order valence-corrected chi connectivity index (χ4v) is 1.48. The molecule has 1 aromatic heterocycles. The predicted molar refractivity (Wildman–Crippen MR) is 66.9 cm³/mol. The number of hydrogen-bond donors (Lipinski definition) is 2. The van der Waals surface area contributed by atoms with Crippen molar-refractivity contribution in [2.75, 3.05) is 18.0 Å². The fraction of sp³-hybridized carbons (Fsp3) is 0.222. The second kappa shape index (κ2) is 5.77. The van der Waals surface area contributed by atoms with E-state index in [-0.39, 0.29) is 0 Å². The number of hydrogen-bond acceptors (Lipinski definition) is 6. The van der Waals surface area contributed by atoms with E-state index in [0.29, 0.717) is 29.4 Å². The summed E-state index contributed by atoms with van der Waals surface area (Å²) >= 11 is 8.13. The van der Waals surface area contributed by atoms with E-state index in [4.69, 9.17) is 0 Å². The molecule has 4 nitrogen and oxygen atoms in total. The van der Waals surface area contributed by atoms with Crippen molar-refractivity contribution in [1.82, 2.24) is 15.0 Å². The minimum Gasteiger partial charge on any atom is -0.333 e. The Labute approximate surface area is 100.0 Å². The van der Waals surface area contributed by atoms with Crippen LogP contribution in [0.1, 0.15) is 0 Å². The van der Waals surface area contributed by atoms with Gasteiger partial charge in [0.15, 0.2) is 10.3 Å². The molecule has 0 aliphatic rings. The summed E-state index contributed by atoms with van der Waals surface area (Å²) in [6.07, 6.45) is 3.54. The van der Waals surface area contributed by atoms with Crippen LogP contribution in [0.4, 0.5) is 5.95 Å². The highest BCUT2D eigenvalue weighted by Gasteiger charge is 2.08. The third kappa shape index (κ3) is 3.56. The summed E-state index contributed by atoms with van der Waals surface area (Å²) in [7, 11) is 0. The minimum absolute atomic E-state index is 0.350. The maximum atomic E-state index is 4.10. The Morgan fingerprint density at radius 3 is 1.87 bits per heavy atom. The highest BCUT2D eigenvalue weighted by molar-refractivity contribution is 7.80. The zero-order valence-corrected chi connectivity index (χ0v) is 9.96. The van der Waals surface area contributed by atoms with Crippen LogP contribution in [0.3, 0.4) is 0 Å². The average molecular weight is 240 g/mol. The smallest absolute Gasteiger partial charge is 0.230 e. The molecule has 1 rings (SSSR count). The highest BCUT2D eigenvalue weighted by atomic mass is 32.1. The van der Waals surface area contributed by atoms with Gasteiger partial charge in [0.25, 0.3) is 0 Å². The number of rotatable bonds is 5. The molecule has 0 aliphatic heterocycles. The Bertz CT molecular complexity index is 337. The van der Waals surface area contributed by atoms with Gasteiger partial charge in [-0.05, 0) is 0 Å². The van der Waals surface area contributed by atoms with Gasteiger partial charge in [0.2, 0.25) is 5.95 Å². The molecule has 0 N–H and O–H groups in total. The summed E-state index contributed by atoms with van der Waals surface area (Å²) in [5.74, 6) is 0.528. The van der Waals surface area contributed by atoms with Gasteiger partial charge in [-0.1, -0.05) is 12.2 Å². The Morgan fingerprint density at radius 1 is 1.00 bits per heavy atom. The normalized spacial score (nSPS) is 9.73. The van der Waals surface area contributed by atoms with E-state index in [1.165, 1.54) is 0 Å². The zero-order chi connectivity index (χ0) is 11.3. The molecule has 1 heterocycles. The predicted octanol–water partition coefficient (Wildman–Crippen LogP) is 1.63. The summed E-state index contributed by atoms with van der Waals surface area (Å²) in [6.45, 7) is 8.61. The largest absolute Gasteiger partial charge is 0.333 e. The van der Waals surface area contributed by atoms with Crippen molar-refractivity contribution in [2.45, 2.75) is 10.3 Å². The Kier molecular flexibility index (Phi) is 4.64. The molecule has 0 spiro atoms. The minimum atomic E-state index is 0.350. The van der Waals surface area contributed by atoms with E-state index >= 15 is 0 Å². The standard InChI is InChI=1S/C9H12N4S2/c1-3-5-13(6-4-2)7-10-8(14)12-9(15)11-7/h3-4H,1-2,5-6H2,(H2,10,11,12,14,15). The van der Waals surface area contributed by atoms with Crippen molar-refractivity contribution in [3.63, 3.8) is 0 Å². The van der Waals surface area contributed by atoms with Crippen LogP contribution in [0.15, 0.2) is 35.6 Å². The lowest BCUT2D eigenvalue weighted by molar-refractivity contribution is 0.763. The molecule has 0 radical (unpaired) electrons. The molecule has 1 aromatic rings. The lowest BCUT2D eigenvalue weighted by Gasteiger charge is -2.18. The number of nitrogens with zero attached hydrogens (tertiary/aromatic N) is 4. The van der Waals surface area contributed by atoms with Gasteiger partial charge in [-0.2, -0.15) is 15.0 Å². The Balaban J connectivity index is 2.98. The first-order valence-electron chi connectivity index (χ1n) is 4.28. The molecule has 6 heteroatoms. The van der Waals surface area contributed by atoms with E-state index in [2.05, 4.69) is 53.4 Å². The summed E-state index contributed by atoms with van der Waals surface area (Å²) in [5.41, 5.74) is 0. The van der Waals surface area contributed by atoms with E-state index in [9.17, 15) is 0 Å². The first-order valence-corrected chi connectivity index (χ1v) is 5.17. The van der Waals surface area contributed by atoms with Gasteiger partial charge in [-0.25, -0.2) is 0 Å². The highest BCUT2D eigenvalue weighted by Crippen LogP contribution is 2.11. The zero-order valence-electron chi connectivity index (χ0n) is 8.17. The quantitative estimate of drug-likeness (QED) is 0.606. The fourth-order valence-electron chi connectivity index (χ4n) is 1.03. The maximum absolute atomic E-state index is 4.10. The van der Waals surface area contributed by atoms with Crippen molar-refractivity contribution in [1.29, 1.82) is 0 Å². The van der Waals surface area contributed by atoms with Crippen LogP contribution in [-0.4, -0.2) is 28.0 Å². The van der Waals surface area contributed by atoms with Gasteiger partial charge in [0.05, 0.1) is 0 Å². The Morgan fingerprint density at radius 2 is 1.47 bits per heavy atom. The topological polar surface area (TPSA) is 41.9 Å². The molecule has 0 aliphatic carbocycles. The van der Waals surface area contributed by atoms with E-state index < -0.39 is 0 Å². The summed E-state index contributed by atoms with van der Waals surface area (Å²) in [4.78, 5) is 13.9. The molecule has 0 unspecified atom stereocenters. The maximum Gasteiger partial charge on any atom is 0.230 e. The van der Waals surface area contributed by atoms with Crippen LogP contribution >= 0.6 is 25.3 Å². The molecule has 15 heavy (non-hydrogen) atoms. The second-order valence-corrected chi connectivity index (χ2v) is 3.52. The third-order valence-corrected chi connectivity index (χ3v) is 1.98. The molecular formula is C9H12N4S2. The van der Waals surface area contributed by atoms with Gasteiger partial charge in [0, 0.05) is 13.1 Å². The monoisotopic (exact) mass is 240 g/mol. The van der Waals surface area contributed by atoms with Crippen LogP contribution in [-0.2, 0) is 0 Å². The second-order valence-electron chi connectivity index (χ2n) is 2.72. The van der Waals surface area contributed by atoms with Gasteiger partial charge in [-0.15, -0.1) is 38.4 Å². The molecule has 0 saturated heterocycles. The Hall–Kier alpha value is -1.01. The molecule has 0 bridgehead atoms. The molecule has 0 amide bonds. The van der Waals surface area contributed by atoms with Crippen molar-refractivity contribution in [3.8, 4) is 0 Å². The van der Waals surface area contributed by atoms with E-state index in [1.54, 1.807) is 12.2 Å². The van der Waals surface area contributed by atoms with Crippen LogP contribution in [0.5, 0.6) is 0 Å². The van der Waals surface area contributed by atoms with Gasteiger partial charge in [0.1, 0.15) is 0 Å². The average Bonchev–Trinajstić information content (AvgIpc) is 2.16. The molecule has 0 atom stereocenters.